The minimum absolute atomic E-state index is 0.225. The fourth-order valence-corrected chi connectivity index (χ4v) is 2.77. The summed E-state index contributed by atoms with van der Waals surface area (Å²) >= 11 is 1.30. The first-order valence-electron chi connectivity index (χ1n) is 5.85. The van der Waals surface area contributed by atoms with Crippen LogP contribution in [0.5, 0.6) is 11.5 Å². The number of aromatic nitrogens is 4. The summed E-state index contributed by atoms with van der Waals surface area (Å²) in [5.41, 5.74) is 0.921. The van der Waals surface area contributed by atoms with Crippen LogP contribution in [0.15, 0.2) is 23.0 Å². The zero-order chi connectivity index (χ0) is 13.7. The van der Waals surface area contributed by atoms with Gasteiger partial charge in [0, 0.05) is 5.56 Å². The molecule has 7 nitrogen and oxygen atoms in total. The van der Waals surface area contributed by atoms with Crippen molar-refractivity contribution in [3.05, 3.63) is 34.2 Å². The lowest BCUT2D eigenvalue weighted by Gasteiger charge is -1.98. The van der Waals surface area contributed by atoms with Gasteiger partial charge in [-0.3, -0.25) is 4.79 Å². The van der Waals surface area contributed by atoms with E-state index >= 15 is 0 Å². The van der Waals surface area contributed by atoms with E-state index in [2.05, 4.69) is 15.3 Å². The predicted molar refractivity (Wildman–Crippen MR) is 71.2 cm³/mol. The smallest absolute Gasteiger partial charge is 0.296 e. The van der Waals surface area contributed by atoms with Gasteiger partial charge >= 0.3 is 0 Å². The fraction of sp³-hybridized carbons (Fsp3) is 0.167. The molecule has 3 aromatic rings. The highest BCUT2D eigenvalue weighted by atomic mass is 32.1. The van der Waals surface area contributed by atoms with E-state index in [0.717, 1.165) is 5.56 Å². The third-order valence-electron chi connectivity index (χ3n) is 2.97. The van der Waals surface area contributed by atoms with Gasteiger partial charge in [0.15, 0.2) is 11.5 Å². The lowest BCUT2D eigenvalue weighted by atomic mass is 10.2. The van der Waals surface area contributed by atoms with Crippen LogP contribution in [0.2, 0.25) is 0 Å². The maximum Gasteiger partial charge on any atom is 0.296 e. The molecule has 1 aliphatic rings. The Morgan fingerprint density at radius 2 is 2.10 bits per heavy atom. The first-order chi connectivity index (χ1) is 9.72. The number of aryl methyl sites for hydroxylation is 1. The van der Waals surface area contributed by atoms with Gasteiger partial charge in [-0.15, -0.1) is 10.2 Å². The van der Waals surface area contributed by atoms with Crippen molar-refractivity contribution in [2.75, 3.05) is 6.79 Å². The van der Waals surface area contributed by atoms with Crippen molar-refractivity contribution in [3.8, 4) is 22.1 Å². The largest absolute Gasteiger partial charge is 0.454 e. The molecular weight excluding hydrogens is 280 g/mol. The normalized spacial score (nSPS) is 13.1. The van der Waals surface area contributed by atoms with Crippen LogP contribution < -0.4 is 15.0 Å². The summed E-state index contributed by atoms with van der Waals surface area (Å²) in [5.74, 6) is 1.39. The molecule has 1 aliphatic heterocycles. The Hall–Kier alpha value is -2.48. The Kier molecular flexibility index (Phi) is 2.27. The zero-order valence-corrected chi connectivity index (χ0v) is 11.2. The molecule has 0 saturated carbocycles. The minimum atomic E-state index is -0.252. The number of ether oxygens (including phenoxy) is 2. The van der Waals surface area contributed by atoms with E-state index in [4.69, 9.17) is 9.47 Å². The molecule has 0 bridgehead atoms. The van der Waals surface area contributed by atoms with E-state index < -0.39 is 0 Å². The summed E-state index contributed by atoms with van der Waals surface area (Å²) in [6.07, 6.45) is 0. The SMILES string of the molecule is Cc1nnc2sc(-c3ccc4c(c3)OCO4)nn2c1=O. The van der Waals surface area contributed by atoms with E-state index in [1.54, 1.807) is 6.92 Å². The summed E-state index contributed by atoms with van der Waals surface area (Å²) < 4.78 is 11.9. The number of hydrogen-bond acceptors (Lipinski definition) is 7. The second-order valence-corrected chi connectivity index (χ2v) is 5.22. The van der Waals surface area contributed by atoms with E-state index in [1.807, 2.05) is 18.2 Å². The van der Waals surface area contributed by atoms with Crippen LogP contribution >= 0.6 is 11.3 Å². The summed E-state index contributed by atoms with van der Waals surface area (Å²) in [7, 11) is 0. The van der Waals surface area contributed by atoms with Crippen LogP contribution in [0.3, 0.4) is 0 Å². The maximum atomic E-state index is 11.9. The van der Waals surface area contributed by atoms with Gasteiger partial charge in [0.1, 0.15) is 10.7 Å². The van der Waals surface area contributed by atoms with Crippen LogP contribution in [0.4, 0.5) is 0 Å². The summed E-state index contributed by atoms with van der Waals surface area (Å²) in [6, 6.07) is 5.53. The van der Waals surface area contributed by atoms with Crippen molar-refractivity contribution in [2.24, 2.45) is 0 Å². The lowest BCUT2D eigenvalue weighted by molar-refractivity contribution is 0.174. The number of fused-ring (bicyclic) bond motifs is 2. The average molecular weight is 288 g/mol. The van der Waals surface area contributed by atoms with Gasteiger partial charge in [0.05, 0.1) is 0 Å². The van der Waals surface area contributed by atoms with Crippen molar-refractivity contribution in [1.29, 1.82) is 0 Å². The standard InChI is InChI=1S/C12H8N4O3S/c1-6-11(17)16-12(14-13-6)20-10(15-16)7-2-3-8-9(4-7)19-5-18-8/h2-4H,5H2,1H3. The molecule has 20 heavy (non-hydrogen) atoms. The van der Waals surface area contributed by atoms with Crippen LogP contribution in [0.25, 0.3) is 15.5 Å². The molecule has 2 aromatic heterocycles. The maximum absolute atomic E-state index is 11.9. The van der Waals surface area contributed by atoms with Crippen LogP contribution in [-0.4, -0.2) is 26.6 Å². The number of rotatable bonds is 1. The molecule has 1 aromatic carbocycles. The van der Waals surface area contributed by atoms with Gasteiger partial charge in [0.25, 0.3) is 5.56 Å². The van der Waals surface area contributed by atoms with Crippen molar-refractivity contribution in [2.45, 2.75) is 6.92 Å². The molecule has 0 radical (unpaired) electrons. The number of hydrogen-bond donors (Lipinski definition) is 0. The Balaban J connectivity index is 1.90. The Labute approximate surface area is 116 Å². The molecule has 0 N–H and O–H groups in total. The minimum Gasteiger partial charge on any atom is -0.454 e. The van der Waals surface area contributed by atoms with E-state index in [1.165, 1.54) is 15.9 Å². The van der Waals surface area contributed by atoms with Crippen molar-refractivity contribution in [3.63, 3.8) is 0 Å². The third-order valence-corrected chi connectivity index (χ3v) is 3.91. The van der Waals surface area contributed by atoms with E-state index in [9.17, 15) is 4.79 Å². The van der Waals surface area contributed by atoms with Crippen molar-refractivity contribution in [1.82, 2.24) is 19.8 Å². The molecule has 0 amide bonds. The molecule has 0 spiro atoms. The second kappa shape index (κ2) is 4.01. The zero-order valence-electron chi connectivity index (χ0n) is 10.4. The quantitative estimate of drug-likeness (QED) is 0.670. The molecule has 0 unspecified atom stereocenters. The molecule has 0 fully saturated rings. The van der Waals surface area contributed by atoms with Gasteiger partial charge in [0.2, 0.25) is 11.8 Å². The fourth-order valence-electron chi connectivity index (χ4n) is 1.94. The van der Waals surface area contributed by atoms with Gasteiger partial charge in [-0.2, -0.15) is 9.61 Å². The number of nitrogens with zero attached hydrogens (tertiary/aromatic N) is 4. The molecule has 0 saturated heterocycles. The number of benzene rings is 1. The van der Waals surface area contributed by atoms with Crippen molar-refractivity contribution < 1.29 is 9.47 Å². The van der Waals surface area contributed by atoms with Crippen LogP contribution in [-0.2, 0) is 0 Å². The molecule has 4 rings (SSSR count). The van der Waals surface area contributed by atoms with E-state index in [0.29, 0.717) is 27.2 Å². The Morgan fingerprint density at radius 1 is 1.25 bits per heavy atom. The van der Waals surface area contributed by atoms with E-state index in [-0.39, 0.29) is 12.4 Å². The first kappa shape index (κ1) is 11.4. The monoisotopic (exact) mass is 288 g/mol. The van der Waals surface area contributed by atoms with Crippen molar-refractivity contribution >= 4 is 16.3 Å². The molecule has 3 heterocycles. The Morgan fingerprint density at radius 3 is 3.00 bits per heavy atom. The van der Waals surface area contributed by atoms with Gasteiger partial charge in [-0.25, -0.2) is 0 Å². The van der Waals surface area contributed by atoms with Crippen LogP contribution in [0, 0.1) is 6.92 Å². The first-order valence-corrected chi connectivity index (χ1v) is 6.67. The topological polar surface area (TPSA) is 78.6 Å². The molecule has 8 heteroatoms. The molecule has 0 aliphatic carbocycles. The lowest BCUT2D eigenvalue weighted by Crippen LogP contribution is -2.19. The second-order valence-electron chi connectivity index (χ2n) is 4.26. The summed E-state index contributed by atoms with van der Waals surface area (Å²) in [6.45, 7) is 1.84. The van der Waals surface area contributed by atoms with Gasteiger partial charge in [-0.1, -0.05) is 11.3 Å². The highest BCUT2D eigenvalue weighted by Crippen LogP contribution is 2.36. The highest BCUT2D eigenvalue weighted by molar-refractivity contribution is 7.19. The van der Waals surface area contributed by atoms with Crippen LogP contribution in [0.1, 0.15) is 5.69 Å². The Bertz CT molecular complexity index is 886. The highest BCUT2D eigenvalue weighted by Gasteiger charge is 2.16. The van der Waals surface area contributed by atoms with Gasteiger partial charge < -0.3 is 9.47 Å². The third kappa shape index (κ3) is 1.58. The summed E-state index contributed by atoms with van der Waals surface area (Å²) in [5, 5.41) is 12.8. The molecule has 0 atom stereocenters. The molecular formula is C12H8N4O3S. The average Bonchev–Trinajstić information content (AvgIpc) is 3.08. The summed E-state index contributed by atoms with van der Waals surface area (Å²) in [4.78, 5) is 12.4. The van der Waals surface area contributed by atoms with Gasteiger partial charge in [-0.05, 0) is 25.1 Å². The molecule has 100 valence electrons. The predicted octanol–water partition coefficient (Wildman–Crippen LogP) is 1.25.